The molecule has 2 aliphatic rings. The van der Waals surface area contributed by atoms with Crippen molar-refractivity contribution in [2.45, 2.75) is 63.6 Å². The van der Waals surface area contributed by atoms with Crippen molar-refractivity contribution in [2.75, 3.05) is 11.1 Å². The first kappa shape index (κ1) is 20.7. The molecule has 160 valence electrons. The maximum atomic E-state index is 13.2. The monoisotopic (exact) mass is 470 g/mol. The lowest BCUT2D eigenvalue weighted by molar-refractivity contribution is -0.113. The summed E-state index contributed by atoms with van der Waals surface area (Å²) in [7, 11) is 0. The number of thiophene rings is 2. The van der Waals surface area contributed by atoms with E-state index in [0.717, 1.165) is 60.7 Å². The highest BCUT2D eigenvalue weighted by Gasteiger charge is 2.25. The standard InChI is InChI=1S/C22H22N4O2S3/c1-2-9-26-21(28)18-13-6-4-8-16(13)31-20(18)25-22(26)29-11-17(27)24-19-14(10-23)12-5-3-7-15(12)30-19/h2-9,11H2,1H3,(H,24,27). The summed E-state index contributed by atoms with van der Waals surface area (Å²) in [4.78, 5) is 34.0. The summed E-state index contributed by atoms with van der Waals surface area (Å²) in [6.45, 7) is 2.63. The lowest BCUT2D eigenvalue weighted by Gasteiger charge is -2.11. The predicted molar refractivity (Wildman–Crippen MR) is 127 cm³/mol. The fourth-order valence-corrected chi connectivity index (χ4v) is 7.88. The van der Waals surface area contributed by atoms with Crippen molar-refractivity contribution >= 4 is 55.6 Å². The van der Waals surface area contributed by atoms with Gasteiger partial charge in [0.2, 0.25) is 5.91 Å². The highest BCUT2D eigenvalue weighted by atomic mass is 32.2. The van der Waals surface area contributed by atoms with E-state index in [1.165, 1.54) is 38.4 Å². The molecule has 1 amide bonds. The Hall–Kier alpha value is -2.15. The van der Waals surface area contributed by atoms with Crippen LogP contribution in [0.5, 0.6) is 0 Å². The summed E-state index contributed by atoms with van der Waals surface area (Å²) in [5, 5.41) is 14.5. The van der Waals surface area contributed by atoms with Crippen LogP contribution in [-0.2, 0) is 37.0 Å². The Kier molecular flexibility index (Phi) is 5.63. The van der Waals surface area contributed by atoms with Gasteiger partial charge in [0.05, 0.1) is 16.7 Å². The van der Waals surface area contributed by atoms with Crippen LogP contribution < -0.4 is 10.9 Å². The normalized spacial score (nSPS) is 14.6. The molecule has 5 rings (SSSR count). The largest absolute Gasteiger partial charge is 0.316 e. The van der Waals surface area contributed by atoms with Crippen LogP contribution in [0.2, 0.25) is 0 Å². The minimum atomic E-state index is -0.174. The molecule has 0 bridgehead atoms. The second kappa shape index (κ2) is 8.41. The Morgan fingerprint density at radius 1 is 1.19 bits per heavy atom. The number of aryl methyl sites for hydroxylation is 3. The zero-order chi connectivity index (χ0) is 21.5. The molecule has 0 aliphatic heterocycles. The quantitative estimate of drug-likeness (QED) is 0.423. The molecule has 0 saturated heterocycles. The number of carbonyl (C=O) groups is 1. The van der Waals surface area contributed by atoms with E-state index in [2.05, 4.69) is 11.4 Å². The first-order valence-corrected chi connectivity index (χ1v) is 13.2. The third kappa shape index (κ3) is 3.60. The van der Waals surface area contributed by atoms with Crippen LogP contribution in [0.3, 0.4) is 0 Å². The fraction of sp³-hybridized carbons (Fsp3) is 0.455. The third-order valence-electron chi connectivity index (χ3n) is 5.86. The molecule has 9 heteroatoms. The van der Waals surface area contributed by atoms with Crippen molar-refractivity contribution in [2.24, 2.45) is 0 Å². The van der Waals surface area contributed by atoms with Crippen LogP contribution in [0.4, 0.5) is 5.00 Å². The molecule has 0 saturated carbocycles. The van der Waals surface area contributed by atoms with Crippen LogP contribution in [-0.4, -0.2) is 21.2 Å². The first-order chi connectivity index (χ1) is 15.1. The molecule has 6 nitrogen and oxygen atoms in total. The highest BCUT2D eigenvalue weighted by molar-refractivity contribution is 7.99. The average Bonchev–Trinajstić information content (AvgIpc) is 3.49. The minimum absolute atomic E-state index is 0.0237. The van der Waals surface area contributed by atoms with Gasteiger partial charge in [-0.05, 0) is 56.1 Å². The van der Waals surface area contributed by atoms with Gasteiger partial charge in [-0.25, -0.2) is 4.98 Å². The predicted octanol–water partition coefficient (Wildman–Crippen LogP) is 4.51. The van der Waals surface area contributed by atoms with E-state index in [0.29, 0.717) is 22.3 Å². The molecule has 2 aliphatic carbocycles. The topological polar surface area (TPSA) is 87.8 Å². The zero-order valence-electron chi connectivity index (χ0n) is 17.2. The molecule has 0 radical (unpaired) electrons. The van der Waals surface area contributed by atoms with Crippen molar-refractivity contribution in [1.82, 2.24) is 9.55 Å². The maximum absolute atomic E-state index is 13.2. The number of amides is 1. The number of fused-ring (bicyclic) bond motifs is 4. The molecular weight excluding hydrogens is 448 g/mol. The number of nitriles is 1. The van der Waals surface area contributed by atoms with Crippen molar-refractivity contribution in [1.29, 1.82) is 5.26 Å². The van der Waals surface area contributed by atoms with E-state index >= 15 is 0 Å². The minimum Gasteiger partial charge on any atom is -0.316 e. The van der Waals surface area contributed by atoms with Crippen LogP contribution in [0.15, 0.2) is 9.95 Å². The Labute approximate surface area is 192 Å². The summed E-state index contributed by atoms with van der Waals surface area (Å²) < 4.78 is 1.73. The molecule has 31 heavy (non-hydrogen) atoms. The molecule has 0 spiro atoms. The summed E-state index contributed by atoms with van der Waals surface area (Å²) in [5.74, 6) is -0.0207. The first-order valence-electron chi connectivity index (χ1n) is 10.6. The number of carbonyl (C=O) groups excluding carboxylic acids is 1. The van der Waals surface area contributed by atoms with Crippen molar-refractivity contribution < 1.29 is 4.79 Å². The van der Waals surface area contributed by atoms with Gasteiger partial charge in [0.15, 0.2) is 5.16 Å². The Morgan fingerprint density at radius 3 is 2.68 bits per heavy atom. The Balaban J connectivity index is 1.38. The van der Waals surface area contributed by atoms with Crippen LogP contribution >= 0.6 is 34.4 Å². The van der Waals surface area contributed by atoms with E-state index in [9.17, 15) is 14.9 Å². The number of aromatic nitrogens is 2. The lowest BCUT2D eigenvalue weighted by Crippen LogP contribution is -2.24. The smallest absolute Gasteiger partial charge is 0.263 e. The van der Waals surface area contributed by atoms with Gasteiger partial charge in [-0.1, -0.05) is 18.7 Å². The second-order valence-corrected chi connectivity index (χ2v) is 11.0. The van der Waals surface area contributed by atoms with Crippen LogP contribution in [0.25, 0.3) is 10.2 Å². The van der Waals surface area contributed by atoms with E-state index in [-0.39, 0.29) is 17.2 Å². The number of thioether (sulfide) groups is 1. The van der Waals surface area contributed by atoms with Crippen molar-refractivity contribution in [3.05, 3.63) is 36.8 Å². The second-order valence-electron chi connectivity index (χ2n) is 7.90. The molecule has 0 atom stereocenters. The number of rotatable bonds is 6. The summed E-state index contributed by atoms with van der Waals surface area (Å²) >= 11 is 4.44. The SMILES string of the molecule is CCCn1c(SCC(=O)Nc2sc3c(c2C#N)CCC3)nc2sc3c(c2c1=O)CCC3. The van der Waals surface area contributed by atoms with Gasteiger partial charge in [-0.2, -0.15) is 5.26 Å². The molecule has 3 heterocycles. The highest BCUT2D eigenvalue weighted by Crippen LogP contribution is 2.39. The maximum Gasteiger partial charge on any atom is 0.263 e. The van der Waals surface area contributed by atoms with Gasteiger partial charge in [0.1, 0.15) is 15.9 Å². The summed E-state index contributed by atoms with van der Waals surface area (Å²) in [6.07, 6.45) is 6.90. The number of anilines is 1. The Morgan fingerprint density at radius 2 is 1.94 bits per heavy atom. The number of nitrogens with zero attached hydrogens (tertiary/aromatic N) is 3. The molecular formula is C22H22N4O2S3. The van der Waals surface area contributed by atoms with Gasteiger partial charge < -0.3 is 5.32 Å². The Bertz CT molecular complexity index is 1300. The lowest BCUT2D eigenvalue weighted by atomic mass is 10.1. The molecule has 0 aromatic carbocycles. The number of nitrogens with one attached hydrogen (secondary N) is 1. The van der Waals surface area contributed by atoms with Gasteiger partial charge >= 0.3 is 0 Å². The van der Waals surface area contributed by atoms with Gasteiger partial charge in [-0.3, -0.25) is 14.2 Å². The van der Waals surface area contributed by atoms with E-state index < -0.39 is 0 Å². The summed E-state index contributed by atoms with van der Waals surface area (Å²) in [5.41, 5.74) is 2.93. The van der Waals surface area contributed by atoms with E-state index in [1.807, 2.05) is 6.92 Å². The van der Waals surface area contributed by atoms with Gasteiger partial charge in [-0.15, -0.1) is 22.7 Å². The van der Waals surface area contributed by atoms with Gasteiger partial charge in [0, 0.05) is 16.3 Å². The van der Waals surface area contributed by atoms with E-state index in [1.54, 1.807) is 15.9 Å². The fourth-order valence-electron chi connectivity index (χ4n) is 4.49. The summed E-state index contributed by atoms with van der Waals surface area (Å²) in [6, 6.07) is 2.26. The molecule has 0 unspecified atom stereocenters. The molecule has 3 aromatic rings. The van der Waals surface area contributed by atoms with E-state index in [4.69, 9.17) is 4.98 Å². The zero-order valence-corrected chi connectivity index (χ0v) is 19.7. The van der Waals surface area contributed by atoms with Crippen LogP contribution in [0.1, 0.15) is 52.6 Å². The molecule has 0 fully saturated rings. The number of hydrogen-bond donors (Lipinski definition) is 1. The molecule has 3 aromatic heterocycles. The van der Waals surface area contributed by atoms with Crippen LogP contribution in [0, 0.1) is 11.3 Å². The van der Waals surface area contributed by atoms with Crippen molar-refractivity contribution in [3.63, 3.8) is 0 Å². The molecule has 1 N–H and O–H groups in total. The average molecular weight is 471 g/mol. The number of hydrogen-bond acceptors (Lipinski definition) is 7. The third-order valence-corrected chi connectivity index (χ3v) is 9.22. The van der Waals surface area contributed by atoms with Gasteiger partial charge in [0.25, 0.3) is 5.56 Å². The van der Waals surface area contributed by atoms with Crippen molar-refractivity contribution in [3.8, 4) is 6.07 Å².